The van der Waals surface area contributed by atoms with Gasteiger partial charge in [0.2, 0.25) is 0 Å². The molecule has 2 heterocycles. The highest BCUT2D eigenvalue weighted by molar-refractivity contribution is 5.80. The zero-order chi connectivity index (χ0) is 17.0. The molecule has 0 spiro atoms. The molecule has 132 valence electrons. The lowest BCUT2D eigenvalue weighted by atomic mass is 9.93. The van der Waals surface area contributed by atoms with Gasteiger partial charge in [-0.15, -0.1) is 0 Å². The third-order valence-electron chi connectivity index (χ3n) is 4.95. The minimum atomic E-state index is 0.386. The van der Waals surface area contributed by atoms with Crippen LogP contribution in [0.15, 0.2) is 29.3 Å². The number of guanidine groups is 1. The summed E-state index contributed by atoms with van der Waals surface area (Å²) in [6, 6.07) is 8.84. The Morgan fingerprint density at radius 2 is 1.88 bits per heavy atom. The first kappa shape index (κ1) is 17.1. The third kappa shape index (κ3) is 4.20. The van der Waals surface area contributed by atoms with Gasteiger partial charge in [0.15, 0.2) is 5.96 Å². The van der Waals surface area contributed by atoms with Crippen LogP contribution in [0.4, 0.5) is 5.69 Å². The van der Waals surface area contributed by atoms with Crippen LogP contribution in [0.25, 0.3) is 0 Å². The summed E-state index contributed by atoms with van der Waals surface area (Å²) < 4.78 is 5.42. The van der Waals surface area contributed by atoms with E-state index >= 15 is 0 Å². The van der Waals surface area contributed by atoms with Crippen molar-refractivity contribution in [3.8, 4) is 0 Å². The van der Waals surface area contributed by atoms with Crippen molar-refractivity contribution in [2.24, 2.45) is 10.4 Å². The molecule has 2 fully saturated rings. The number of nitrogens with zero attached hydrogens (tertiary/aromatic N) is 3. The van der Waals surface area contributed by atoms with Gasteiger partial charge in [-0.3, -0.25) is 4.99 Å². The van der Waals surface area contributed by atoms with E-state index in [4.69, 9.17) is 4.74 Å². The molecule has 0 unspecified atom stereocenters. The van der Waals surface area contributed by atoms with Gasteiger partial charge >= 0.3 is 0 Å². The van der Waals surface area contributed by atoms with Crippen LogP contribution >= 0.6 is 0 Å². The topological polar surface area (TPSA) is 40.1 Å². The third-order valence-corrected chi connectivity index (χ3v) is 4.95. The van der Waals surface area contributed by atoms with E-state index < -0.39 is 0 Å². The number of rotatable bonds is 3. The lowest BCUT2D eigenvalue weighted by molar-refractivity contribution is 0.122. The minimum absolute atomic E-state index is 0.386. The lowest BCUT2D eigenvalue weighted by Gasteiger charge is -2.29. The van der Waals surface area contributed by atoms with E-state index in [0.717, 1.165) is 51.9 Å². The number of benzene rings is 1. The number of aliphatic imine (C=N–C) groups is 1. The van der Waals surface area contributed by atoms with Crippen molar-refractivity contribution in [2.75, 3.05) is 51.3 Å². The zero-order valence-electron chi connectivity index (χ0n) is 15.2. The molecular formula is C19H30N4O. The van der Waals surface area contributed by atoms with Gasteiger partial charge in [0.25, 0.3) is 0 Å². The van der Waals surface area contributed by atoms with E-state index in [0.29, 0.717) is 5.41 Å². The van der Waals surface area contributed by atoms with Crippen molar-refractivity contribution < 1.29 is 4.74 Å². The largest absolute Gasteiger partial charge is 0.378 e. The Bertz CT molecular complexity index is 561. The Hall–Kier alpha value is -1.75. The van der Waals surface area contributed by atoms with E-state index in [1.165, 1.54) is 17.7 Å². The summed E-state index contributed by atoms with van der Waals surface area (Å²) >= 11 is 0. The maximum atomic E-state index is 5.42. The Kier molecular flexibility index (Phi) is 5.29. The van der Waals surface area contributed by atoms with Gasteiger partial charge in [-0.05, 0) is 29.5 Å². The van der Waals surface area contributed by atoms with Crippen molar-refractivity contribution in [3.63, 3.8) is 0 Å². The summed E-state index contributed by atoms with van der Waals surface area (Å²) in [5.41, 5.74) is 2.96. The van der Waals surface area contributed by atoms with Gasteiger partial charge in [-0.2, -0.15) is 0 Å². The van der Waals surface area contributed by atoms with Gasteiger partial charge in [-0.1, -0.05) is 26.0 Å². The van der Waals surface area contributed by atoms with Gasteiger partial charge in [0.1, 0.15) is 0 Å². The molecule has 24 heavy (non-hydrogen) atoms. The fourth-order valence-electron chi connectivity index (χ4n) is 3.45. The number of likely N-dealkylation sites (tertiary alicyclic amines) is 1. The maximum absolute atomic E-state index is 5.42. The summed E-state index contributed by atoms with van der Waals surface area (Å²) in [5.74, 6) is 1.01. The highest BCUT2D eigenvalue weighted by atomic mass is 16.5. The molecule has 5 heteroatoms. The van der Waals surface area contributed by atoms with E-state index in [2.05, 4.69) is 58.2 Å². The predicted molar refractivity (Wildman–Crippen MR) is 99.6 cm³/mol. The smallest absolute Gasteiger partial charge is 0.193 e. The van der Waals surface area contributed by atoms with Crippen LogP contribution in [0.1, 0.15) is 25.8 Å². The first-order chi connectivity index (χ1) is 11.6. The average molecular weight is 330 g/mol. The van der Waals surface area contributed by atoms with Crippen LogP contribution in [0.3, 0.4) is 0 Å². The van der Waals surface area contributed by atoms with Crippen molar-refractivity contribution in [2.45, 2.75) is 26.8 Å². The Morgan fingerprint density at radius 3 is 2.46 bits per heavy atom. The summed E-state index contributed by atoms with van der Waals surface area (Å²) in [5, 5.41) is 3.51. The molecular weight excluding hydrogens is 300 g/mol. The van der Waals surface area contributed by atoms with Crippen molar-refractivity contribution >= 4 is 11.6 Å². The maximum Gasteiger partial charge on any atom is 0.193 e. The lowest BCUT2D eigenvalue weighted by Crippen LogP contribution is -2.40. The molecule has 2 saturated heterocycles. The van der Waals surface area contributed by atoms with E-state index in [9.17, 15) is 0 Å². The van der Waals surface area contributed by atoms with Crippen LogP contribution in [0, 0.1) is 5.41 Å². The minimum Gasteiger partial charge on any atom is -0.378 e. The standard InChI is InChI=1S/C19H30N4O/c1-19(2)8-9-23(15-19)18(20-3)21-14-16-4-6-17(7-5-16)22-10-12-24-13-11-22/h4-7H,8-15H2,1-3H3,(H,20,21). The molecule has 0 saturated carbocycles. The summed E-state index contributed by atoms with van der Waals surface area (Å²) in [4.78, 5) is 9.20. The van der Waals surface area contributed by atoms with E-state index in [1.54, 1.807) is 0 Å². The van der Waals surface area contributed by atoms with Crippen molar-refractivity contribution in [3.05, 3.63) is 29.8 Å². The molecule has 1 N–H and O–H groups in total. The molecule has 2 aliphatic rings. The van der Waals surface area contributed by atoms with Crippen LogP contribution in [0.5, 0.6) is 0 Å². The molecule has 0 radical (unpaired) electrons. The fraction of sp³-hybridized carbons (Fsp3) is 0.632. The van der Waals surface area contributed by atoms with Crippen LogP contribution in [-0.4, -0.2) is 57.3 Å². The number of nitrogens with one attached hydrogen (secondary N) is 1. The van der Waals surface area contributed by atoms with E-state index in [-0.39, 0.29) is 0 Å². The van der Waals surface area contributed by atoms with Crippen molar-refractivity contribution in [1.82, 2.24) is 10.2 Å². The second-order valence-electron chi connectivity index (χ2n) is 7.50. The normalized spacial score (nSPS) is 21.2. The Balaban J connectivity index is 1.54. The summed E-state index contributed by atoms with van der Waals surface area (Å²) in [6.45, 7) is 11.2. The molecule has 0 amide bonds. The highest BCUT2D eigenvalue weighted by Crippen LogP contribution is 2.28. The highest BCUT2D eigenvalue weighted by Gasteiger charge is 2.30. The SMILES string of the molecule is CN=C(NCc1ccc(N2CCOCC2)cc1)N1CCC(C)(C)C1. The monoisotopic (exact) mass is 330 g/mol. The number of ether oxygens (including phenoxy) is 1. The number of hydrogen-bond donors (Lipinski definition) is 1. The predicted octanol–water partition coefficient (Wildman–Crippen LogP) is 2.33. The summed E-state index contributed by atoms with van der Waals surface area (Å²) in [6.07, 6.45) is 1.22. The van der Waals surface area contributed by atoms with Gasteiger partial charge in [0.05, 0.1) is 13.2 Å². The molecule has 5 nitrogen and oxygen atoms in total. The number of hydrogen-bond acceptors (Lipinski definition) is 3. The first-order valence-electron chi connectivity index (χ1n) is 8.95. The second-order valence-corrected chi connectivity index (χ2v) is 7.50. The molecule has 3 rings (SSSR count). The quantitative estimate of drug-likeness (QED) is 0.682. The molecule has 1 aromatic rings. The summed E-state index contributed by atoms with van der Waals surface area (Å²) in [7, 11) is 1.87. The number of morpholine rings is 1. The Morgan fingerprint density at radius 1 is 1.17 bits per heavy atom. The van der Waals surface area contributed by atoms with Crippen LogP contribution < -0.4 is 10.2 Å². The van der Waals surface area contributed by atoms with Crippen LogP contribution in [-0.2, 0) is 11.3 Å². The Labute approximate surface area is 145 Å². The second kappa shape index (κ2) is 7.43. The molecule has 0 aliphatic carbocycles. The molecule has 0 bridgehead atoms. The molecule has 1 aromatic carbocycles. The van der Waals surface area contributed by atoms with Gasteiger partial charge in [0, 0.05) is 45.5 Å². The van der Waals surface area contributed by atoms with Crippen molar-refractivity contribution in [1.29, 1.82) is 0 Å². The fourth-order valence-corrected chi connectivity index (χ4v) is 3.45. The van der Waals surface area contributed by atoms with Gasteiger partial charge < -0.3 is 19.9 Å². The molecule has 0 aromatic heterocycles. The molecule has 0 atom stereocenters. The zero-order valence-corrected chi connectivity index (χ0v) is 15.2. The number of anilines is 1. The van der Waals surface area contributed by atoms with Gasteiger partial charge in [-0.25, -0.2) is 0 Å². The van der Waals surface area contributed by atoms with E-state index in [1.807, 2.05) is 7.05 Å². The van der Waals surface area contributed by atoms with Crippen LogP contribution in [0.2, 0.25) is 0 Å². The first-order valence-corrected chi connectivity index (χ1v) is 8.95. The average Bonchev–Trinajstić information content (AvgIpc) is 2.97. The molecule has 2 aliphatic heterocycles.